The van der Waals surface area contributed by atoms with Crippen LogP contribution in [-0.2, 0) is 4.74 Å². The van der Waals surface area contributed by atoms with Gasteiger partial charge < -0.3 is 10.1 Å². The third-order valence-electron chi connectivity index (χ3n) is 2.36. The molecule has 1 heterocycles. The summed E-state index contributed by atoms with van der Waals surface area (Å²) in [6.45, 7) is 6.31. The van der Waals surface area contributed by atoms with Crippen molar-refractivity contribution in [3.8, 4) is 6.07 Å². The van der Waals surface area contributed by atoms with Gasteiger partial charge in [0.2, 0.25) is 5.95 Å². The first-order valence-corrected chi connectivity index (χ1v) is 6.33. The molecular formula is C13H20N4O. The smallest absolute Gasteiger partial charge is 0.224 e. The van der Waals surface area contributed by atoms with Gasteiger partial charge in [-0.1, -0.05) is 13.3 Å². The van der Waals surface area contributed by atoms with Gasteiger partial charge in [-0.3, -0.25) is 0 Å². The van der Waals surface area contributed by atoms with Crippen LogP contribution in [-0.4, -0.2) is 29.7 Å². The van der Waals surface area contributed by atoms with Crippen molar-refractivity contribution < 1.29 is 4.74 Å². The van der Waals surface area contributed by atoms with Gasteiger partial charge in [-0.2, -0.15) is 5.26 Å². The van der Waals surface area contributed by atoms with Crippen LogP contribution in [0.3, 0.4) is 0 Å². The van der Waals surface area contributed by atoms with E-state index in [2.05, 4.69) is 22.2 Å². The molecule has 0 aliphatic heterocycles. The zero-order valence-electron chi connectivity index (χ0n) is 11.1. The normalized spacial score (nSPS) is 10.1. The van der Waals surface area contributed by atoms with E-state index in [1.807, 2.05) is 13.0 Å². The van der Waals surface area contributed by atoms with Crippen LogP contribution in [0.4, 0.5) is 5.95 Å². The number of anilines is 1. The Morgan fingerprint density at radius 1 is 1.33 bits per heavy atom. The maximum absolute atomic E-state index is 8.79. The fraction of sp³-hybridized carbons (Fsp3) is 0.615. The minimum Gasteiger partial charge on any atom is -0.381 e. The van der Waals surface area contributed by atoms with Crippen LogP contribution in [0.2, 0.25) is 0 Å². The number of nitrogens with zero attached hydrogens (tertiary/aromatic N) is 3. The maximum atomic E-state index is 8.79. The van der Waals surface area contributed by atoms with Crippen LogP contribution >= 0.6 is 0 Å². The molecule has 5 heteroatoms. The molecule has 0 aliphatic rings. The lowest BCUT2D eigenvalue weighted by Crippen LogP contribution is -2.09. The summed E-state index contributed by atoms with van der Waals surface area (Å²) < 4.78 is 5.45. The average Bonchev–Trinajstić information content (AvgIpc) is 2.37. The Morgan fingerprint density at radius 3 is 2.83 bits per heavy atom. The topological polar surface area (TPSA) is 70.8 Å². The summed E-state index contributed by atoms with van der Waals surface area (Å²) in [6, 6.07) is 3.68. The maximum Gasteiger partial charge on any atom is 0.224 e. The number of nitrogens with one attached hydrogen (secondary N) is 1. The van der Waals surface area contributed by atoms with E-state index in [0.717, 1.165) is 44.7 Å². The van der Waals surface area contributed by atoms with Gasteiger partial charge >= 0.3 is 0 Å². The minimum absolute atomic E-state index is 0.393. The molecule has 0 unspecified atom stereocenters. The standard InChI is InChI=1S/C13H20N4O/c1-3-4-7-18-8-5-6-15-13-16-11(2)9-12(10-14)17-13/h9H,3-8H2,1-2H3,(H,15,16,17). The van der Waals surface area contributed by atoms with Gasteiger partial charge in [0.05, 0.1) is 0 Å². The highest BCUT2D eigenvalue weighted by atomic mass is 16.5. The molecule has 0 saturated heterocycles. The molecule has 1 aromatic heterocycles. The quantitative estimate of drug-likeness (QED) is 0.715. The van der Waals surface area contributed by atoms with E-state index in [1.54, 1.807) is 6.07 Å². The largest absolute Gasteiger partial charge is 0.381 e. The highest BCUT2D eigenvalue weighted by Crippen LogP contribution is 2.03. The first kappa shape index (κ1) is 14.4. The number of rotatable bonds is 8. The first-order chi connectivity index (χ1) is 8.76. The van der Waals surface area contributed by atoms with Gasteiger partial charge in [0, 0.05) is 25.5 Å². The summed E-state index contributed by atoms with van der Waals surface area (Å²) in [5.74, 6) is 0.514. The van der Waals surface area contributed by atoms with Crippen molar-refractivity contribution in [3.05, 3.63) is 17.5 Å². The predicted octanol–water partition coefficient (Wildman–Crippen LogP) is 2.28. The summed E-state index contributed by atoms with van der Waals surface area (Å²) in [4.78, 5) is 8.29. The molecule has 0 aliphatic carbocycles. The second-order valence-electron chi connectivity index (χ2n) is 4.08. The molecule has 0 atom stereocenters. The van der Waals surface area contributed by atoms with E-state index in [9.17, 15) is 0 Å². The van der Waals surface area contributed by atoms with Crippen molar-refractivity contribution in [2.24, 2.45) is 0 Å². The van der Waals surface area contributed by atoms with Crippen LogP contribution < -0.4 is 5.32 Å². The Balaban J connectivity index is 2.23. The van der Waals surface area contributed by atoms with E-state index in [4.69, 9.17) is 10.00 Å². The fourth-order valence-electron chi connectivity index (χ4n) is 1.43. The molecule has 0 radical (unpaired) electrons. The summed E-state index contributed by atoms with van der Waals surface area (Å²) >= 11 is 0. The van der Waals surface area contributed by atoms with Gasteiger partial charge in [0.15, 0.2) is 0 Å². The molecule has 1 aromatic rings. The monoisotopic (exact) mass is 248 g/mol. The highest BCUT2D eigenvalue weighted by Gasteiger charge is 2.00. The number of aryl methyl sites for hydroxylation is 1. The van der Waals surface area contributed by atoms with E-state index in [0.29, 0.717) is 11.6 Å². The van der Waals surface area contributed by atoms with Crippen LogP contribution in [0.15, 0.2) is 6.07 Å². The summed E-state index contributed by atoms with van der Waals surface area (Å²) in [6.07, 6.45) is 3.18. The molecule has 1 rings (SSSR count). The number of aromatic nitrogens is 2. The van der Waals surface area contributed by atoms with Gasteiger partial charge in [0.25, 0.3) is 0 Å². The molecule has 0 saturated carbocycles. The molecular weight excluding hydrogens is 228 g/mol. The zero-order valence-corrected chi connectivity index (χ0v) is 11.1. The number of unbranched alkanes of at least 4 members (excludes halogenated alkanes) is 1. The molecule has 98 valence electrons. The van der Waals surface area contributed by atoms with E-state index >= 15 is 0 Å². The van der Waals surface area contributed by atoms with Crippen molar-refractivity contribution in [1.82, 2.24) is 9.97 Å². The van der Waals surface area contributed by atoms with E-state index in [1.165, 1.54) is 0 Å². The van der Waals surface area contributed by atoms with Gasteiger partial charge in [0.1, 0.15) is 11.8 Å². The van der Waals surface area contributed by atoms with Crippen LogP contribution in [0, 0.1) is 18.3 Å². The first-order valence-electron chi connectivity index (χ1n) is 6.33. The summed E-state index contributed by atoms with van der Waals surface area (Å²) in [7, 11) is 0. The zero-order chi connectivity index (χ0) is 13.2. The number of hydrogen-bond acceptors (Lipinski definition) is 5. The molecule has 5 nitrogen and oxygen atoms in total. The molecule has 0 fully saturated rings. The van der Waals surface area contributed by atoms with Crippen LogP contribution in [0.1, 0.15) is 37.6 Å². The summed E-state index contributed by atoms with van der Waals surface area (Å²) in [5, 5.41) is 11.9. The van der Waals surface area contributed by atoms with Crippen molar-refractivity contribution in [2.45, 2.75) is 33.1 Å². The Morgan fingerprint density at radius 2 is 2.11 bits per heavy atom. The van der Waals surface area contributed by atoms with Gasteiger partial charge in [-0.15, -0.1) is 0 Å². The Labute approximate surface area is 108 Å². The lowest BCUT2D eigenvalue weighted by atomic mass is 10.3. The Bertz CT molecular complexity index is 400. The predicted molar refractivity (Wildman–Crippen MR) is 70.3 cm³/mol. The molecule has 0 aromatic carbocycles. The van der Waals surface area contributed by atoms with Crippen molar-refractivity contribution in [1.29, 1.82) is 5.26 Å². The van der Waals surface area contributed by atoms with E-state index < -0.39 is 0 Å². The Hall–Kier alpha value is -1.67. The average molecular weight is 248 g/mol. The van der Waals surface area contributed by atoms with Crippen LogP contribution in [0.5, 0.6) is 0 Å². The van der Waals surface area contributed by atoms with Crippen LogP contribution in [0.25, 0.3) is 0 Å². The molecule has 0 bridgehead atoms. The molecule has 0 spiro atoms. The van der Waals surface area contributed by atoms with E-state index in [-0.39, 0.29) is 0 Å². The molecule has 18 heavy (non-hydrogen) atoms. The van der Waals surface area contributed by atoms with Crippen molar-refractivity contribution in [2.75, 3.05) is 25.1 Å². The summed E-state index contributed by atoms with van der Waals surface area (Å²) in [5.41, 5.74) is 1.19. The highest BCUT2D eigenvalue weighted by molar-refractivity contribution is 5.32. The lowest BCUT2D eigenvalue weighted by molar-refractivity contribution is 0.131. The number of hydrogen-bond donors (Lipinski definition) is 1. The SMILES string of the molecule is CCCCOCCCNc1nc(C)cc(C#N)n1. The van der Waals surface area contributed by atoms with Gasteiger partial charge in [-0.25, -0.2) is 9.97 Å². The third kappa shape index (κ3) is 5.60. The van der Waals surface area contributed by atoms with Crippen molar-refractivity contribution in [3.63, 3.8) is 0 Å². The Kier molecular flexibility index (Phi) is 6.74. The third-order valence-corrected chi connectivity index (χ3v) is 2.36. The molecule has 0 amide bonds. The molecule has 1 N–H and O–H groups in total. The second-order valence-corrected chi connectivity index (χ2v) is 4.08. The lowest BCUT2D eigenvalue weighted by Gasteiger charge is -2.06. The second kappa shape index (κ2) is 8.43. The fourth-order valence-corrected chi connectivity index (χ4v) is 1.43. The number of nitriles is 1. The minimum atomic E-state index is 0.393. The number of ether oxygens (including phenoxy) is 1. The van der Waals surface area contributed by atoms with Crippen molar-refractivity contribution >= 4 is 5.95 Å². The van der Waals surface area contributed by atoms with Gasteiger partial charge in [-0.05, 0) is 25.8 Å².